The Morgan fingerprint density at radius 1 is 0.983 bits per heavy atom. The molecule has 0 bridgehead atoms. The second-order valence-electron chi connectivity index (χ2n) is 15.3. The lowest BCUT2D eigenvalue weighted by Gasteiger charge is -2.30. The number of anilines is 1. The maximum absolute atomic E-state index is 12.7. The molecule has 0 aromatic carbocycles. The van der Waals surface area contributed by atoms with Crippen LogP contribution >= 0.6 is 35.2 Å². The number of aliphatic hydroxyl groups excluding tert-OH is 2. The van der Waals surface area contributed by atoms with Crippen LogP contribution in [-0.2, 0) is 50.7 Å². The molecule has 3 rings (SSSR count). The van der Waals surface area contributed by atoms with Gasteiger partial charge < -0.3 is 50.9 Å². The first-order chi connectivity index (χ1) is 27.8. The number of carbonyl (C=O) groups excluding carboxylic acids is 3. The minimum Gasteiger partial charge on any atom is -0.386 e. The Kier molecular flexibility index (Phi) is 19.7. The number of ether oxygens (including phenoxy) is 1. The van der Waals surface area contributed by atoms with E-state index >= 15 is 0 Å². The molecule has 10 N–H and O–H groups in total. The first-order valence-corrected chi connectivity index (χ1v) is 24.4. The summed E-state index contributed by atoms with van der Waals surface area (Å²) in [6.07, 6.45) is -2.23. The Morgan fingerprint density at radius 3 is 2.33 bits per heavy atom. The van der Waals surface area contributed by atoms with Gasteiger partial charge in [-0.1, -0.05) is 65.6 Å². The van der Waals surface area contributed by atoms with Crippen molar-refractivity contribution in [2.45, 2.75) is 104 Å². The third-order valence-electron chi connectivity index (χ3n) is 9.08. The van der Waals surface area contributed by atoms with Gasteiger partial charge in [0.15, 0.2) is 22.8 Å². The molecule has 3 heterocycles. The molecule has 2 aromatic rings. The number of aromatic nitrogens is 4. The lowest BCUT2D eigenvalue weighted by molar-refractivity contribution is -0.137. The van der Waals surface area contributed by atoms with E-state index in [9.17, 15) is 57.9 Å². The minimum absolute atomic E-state index is 0.0324. The van der Waals surface area contributed by atoms with Crippen LogP contribution in [0.5, 0.6) is 0 Å². The van der Waals surface area contributed by atoms with Gasteiger partial charge in [0.05, 0.1) is 19.5 Å². The Labute approximate surface area is 350 Å². The zero-order valence-electron chi connectivity index (χ0n) is 33.8. The highest BCUT2D eigenvalue weighted by Crippen LogP contribution is 2.61. The van der Waals surface area contributed by atoms with Crippen molar-refractivity contribution < 1.29 is 80.5 Å². The molecule has 1 aliphatic rings. The van der Waals surface area contributed by atoms with Crippen LogP contribution in [0.3, 0.4) is 0 Å². The molecule has 24 nitrogen and oxygen atoms in total. The van der Waals surface area contributed by atoms with Gasteiger partial charge in [-0.15, -0.1) is 0 Å². The Balaban J connectivity index is 1.42. The molecule has 2 aromatic heterocycles. The van der Waals surface area contributed by atoms with Gasteiger partial charge in [-0.3, -0.25) is 32.5 Å². The molecular weight excluding hydrogens is 879 g/mol. The fourth-order valence-electron chi connectivity index (χ4n) is 5.75. The zero-order chi connectivity index (χ0) is 45.1. The van der Waals surface area contributed by atoms with Gasteiger partial charge in [-0.25, -0.2) is 28.6 Å². The monoisotopic (exact) mass is 935 g/mol. The molecule has 1 saturated heterocycles. The van der Waals surface area contributed by atoms with Crippen LogP contribution in [0, 0.1) is 17.3 Å². The first kappa shape index (κ1) is 51.9. The maximum atomic E-state index is 12.7. The molecule has 0 spiro atoms. The number of rotatable bonds is 26. The van der Waals surface area contributed by atoms with Crippen LogP contribution in [0.25, 0.3) is 11.2 Å². The van der Waals surface area contributed by atoms with Gasteiger partial charge in [0, 0.05) is 37.1 Å². The molecule has 8 unspecified atom stereocenters. The van der Waals surface area contributed by atoms with E-state index in [0.29, 0.717) is 24.0 Å². The van der Waals surface area contributed by atoms with E-state index in [-0.39, 0.29) is 41.6 Å². The number of aliphatic hydroxyl groups is 2. The normalized spacial score (nSPS) is 21.7. The molecule has 0 radical (unpaired) electrons. The summed E-state index contributed by atoms with van der Waals surface area (Å²) >= 11 is 1.14. The summed E-state index contributed by atoms with van der Waals surface area (Å²) in [4.78, 5) is 88.1. The van der Waals surface area contributed by atoms with Crippen molar-refractivity contribution in [2.75, 3.05) is 37.8 Å². The van der Waals surface area contributed by atoms with Gasteiger partial charge in [0.25, 0.3) is 0 Å². The number of imidazole rings is 1. The fraction of sp³-hybridized carbons (Fsp3) is 0.750. The van der Waals surface area contributed by atoms with E-state index in [0.717, 1.165) is 54.7 Å². The van der Waals surface area contributed by atoms with Gasteiger partial charge >= 0.3 is 23.5 Å². The fourth-order valence-corrected chi connectivity index (χ4v) is 9.27. The van der Waals surface area contributed by atoms with Crippen molar-refractivity contribution in [2.24, 2.45) is 17.3 Å². The Bertz CT molecular complexity index is 1900. The standard InChI is InChI=1S/C32H56N7O17P3S/c1-19(2)7-6-8-20(3)9-10-23(41)60-14-13-34-22(40)11-12-35-30(44)27(43)32(4,5)16-53-59(50,51)56-58(48,49)52-15-21-26(55-57(45,46)47)25(42)31(54-21)39-18-38-24-28(33)36-17-37-29(24)39/h17-21,25-27,31,42-43H,6-16H2,1-5H3,(H,34,40)(H,35,44)(H,48,49)(H,50,51)(H2,33,36,37)(H2,45,46,47). The predicted octanol–water partition coefficient (Wildman–Crippen LogP) is 1.91. The number of nitrogens with two attached hydrogens (primary N) is 1. The number of thioether (sulfide) groups is 1. The van der Waals surface area contributed by atoms with Crippen molar-refractivity contribution in [3.8, 4) is 0 Å². The number of phosphoric acid groups is 3. The number of nitrogens with zero attached hydrogens (tertiary/aromatic N) is 4. The number of carbonyl (C=O) groups is 3. The van der Waals surface area contributed by atoms with Crippen LogP contribution in [0.1, 0.15) is 79.4 Å². The number of hydrogen-bond donors (Lipinski definition) is 9. The predicted molar refractivity (Wildman–Crippen MR) is 214 cm³/mol. The Morgan fingerprint density at radius 2 is 1.67 bits per heavy atom. The van der Waals surface area contributed by atoms with E-state index < -0.39 is 84.6 Å². The third kappa shape index (κ3) is 17.0. The number of nitrogen functional groups attached to an aromatic ring is 1. The summed E-state index contributed by atoms with van der Waals surface area (Å²) < 4.78 is 62.3. The summed E-state index contributed by atoms with van der Waals surface area (Å²) in [5, 5.41) is 26.6. The van der Waals surface area contributed by atoms with Gasteiger partial charge in [0.1, 0.15) is 36.3 Å². The second kappa shape index (κ2) is 22.8. The summed E-state index contributed by atoms with van der Waals surface area (Å²) in [7, 11) is -16.4. The molecule has 2 amide bonds. The van der Waals surface area contributed by atoms with Crippen molar-refractivity contribution >= 4 is 69.1 Å². The van der Waals surface area contributed by atoms with Gasteiger partial charge in [-0.05, 0) is 18.3 Å². The minimum atomic E-state index is -5.57. The first-order valence-electron chi connectivity index (χ1n) is 18.9. The molecule has 1 fully saturated rings. The van der Waals surface area contributed by atoms with E-state index in [1.54, 1.807) is 0 Å². The number of phosphoric ester groups is 3. The van der Waals surface area contributed by atoms with Crippen molar-refractivity contribution in [1.29, 1.82) is 0 Å². The smallest absolute Gasteiger partial charge is 0.386 e. The molecule has 28 heteroatoms. The average Bonchev–Trinajstić information content (AvgIpc) is 3.70. The number of hydrogen-bond acceptors (Lipinski definition) is 18. The quantitative estimate of drug-likeness (QED) is 0.0480. The van der Waals surface area contributed by atoms with Crippen molar-refractivity contribution in [3.05, 3.63) is 12.7 Å². The lowest BCUT2D eigenvalue weighted by Crippen LogP contribution is -2.46. The largest absolute Gasteiger partial charge is 0.481 e. The van der Waals surface area contributed by atoms with Crippen molar-refractivity contribution in [1.82, 2.24) is 30.2 Å². The molecular formula is C32H56N7O17P3S. The number of fused-ring (bicyclic) bond motifs is 1. The lowest BCUT2D eigenvalue weighted by atomic mass is 9.87. The molecule has 1 aliphatic heterocycles. The molecule has 60 heavy (non-hydrogen) atoms. The van der Waals surface area contributed by atoms with Crippen molar-refractivity contribution in [3.63, 3.8) is 0 Å². The zero-order valence-corrected chi connectivity index (χ0v) is 37.3. The van der Waals surface area contributed by atoms with Crippen LogP contribution in [0.15, 0.2) is 12.7 Å². The Hall–Kier alpha value is -2.44. The molecule has 0 aliphatic carbocycles. The molecule has 342 valence electrons. The van der Waals surface area contributed by atoms with Gasteiger partial charge in [0.2, 0.25) is 11.8 Å². The van der Waals surface area contributed by atoms with E-state index in [4.69, 9.17) is 19.5 Å². The van der Waals surface area contributed by atoms with E-state index in [1.807, 2.05) is 0 Å². The SMILES string of the molecule is CC(C)CCCC(C)CCC(=O)SCCNC(=O)CCNC(=O)C(O)C(C)(C)COP(=O)(O)OP(=O)(O)OCC1OC(n2cnc3c(N)ncnc32)C(O)C1OP(=O)(O)O. The van der Waals surface area contributed by atoms with Crippen LogP contribution in [0.2, 0.25) is 0 Å². The van der Waals surface area contributed by atoms with E-state index in [2.05, 4.69) is 55.2 Å². The summed E-state index contributed by atoms with van der Waals surface area (Å²) in [5.74, 6) is 0.0757. The average molecular weight is 936 g/mol. The highest BCUT2D eigenvalue weighted by atomic mass is 32.2. The highest BCUT2D eigenvalue weighted by Gasteiger charge is 2.50. The van der Waals surface area contributed by atoms with Crippen LogP contribution in [0.4, 0.5) is 5.82 Å². The molecule has 8 atom stereocenters. The van der Waals surface area contributed by atoms with E-state index in [1.165, 1.54) is 13.8 Å². The number of amides is 2. The topological polar surface area (TPSA) is 364 Å². The second-order valence-corrected chi connectivity index (χ2v) is 20.6. The van der Waals surface area contributed by atoms with Crippen LogP contribution in [-0.4, -0.2) is 123 Å². The highest BCUT2D eigenvalue weighted by molar-refractivity contribution is 8.13. The summed E-state index contributed by atoms with van der Waals surface area (Å²) in [5.41, 5.74) is 4.28. The van der Waals surface area contributed by atoms with Crippen LogP contribution < -0.4 is 16.4 Å². The summed E-state index contributed by atoms with van der Waals surface area (Å²) in [6.45, 7) is 7.06. The maximum Gasteiger partial charge on any atom is 0.481 e. The van der Waals surface area contributed by atoms with Gasteiger partial charge in [-0.2, -0.15) is 4.31 Å². The molecule has 0 saturated carbocycles. The summed E-state index contributed by atoms with van der Waals surface area (Å²) in [6, 6.07) is 0. The number of nitrogens with one attached hydrogen (secondary N) is 2. The third-order valence-corrected chi connectivity index (χ3v) is 13.1.